The minimum atomic E-state index is -0.591. The fourth-order valence-corrected chi connectivity index (χ4v) is 4.61. The van der Waals surface area contributed by atoms with E-state index in [2.05, 4.69) is 34.8 Å². The number of imidazole rings is 2. The molecular weight excluding hydrogens is 378 g/mol. The number of carbonyl (C=O) groups is 1. The molecule has 1 aliphatic carbocycles. The van der Waals surface area contributed by atoms with Gasteiger partial charge in [-0.05, 0) is 38.3 Å². The second-order valence-corrected chi connectivity index (χ2v) is 8.56. The normalized spacial score (nSPS) is 21.6. The lowest BCUT2D eigenvalue weighted by atomic mass is 10.1. The number of hydrogen-bond donors (Lipinski definition) is 2. The van der Waals surface area contributed by atoms with Gasteiger partial charge in [0.15, 0.2) is 0 Å². The number of benzene rings is 1. The van der Waals surface area contributed by atoms with Crippen LogP contribution >= 0.6 is 0 Å². The van der Waals surface area contributed by atoms with Crippen molar-refractivity contribution in [3.8, 4) is 0 Å². The van der Waals surface area contributed by atoms with E-state index in [1.54, 1.807) is 6.20 Å². The zero-order valence-corrected chi connectivity index (χ0v) is 18.0. The zero-order chi connectivity index (χ0) is 21.3. The molecule has 2 N–H and O–H groups in total. The third-order valence-electron chi connectivity index (χ3n) is 6.13. The maximum atomic E-state index is 12.5. The first-order valence-electron chi connectivity index (χ1n) is 10.9. The summed E-state index contributed by atoms with van der Waals surface area (Å²) in [5.74, 6) is 2.27. The average Bonchev–Trinajstić information content (AvgIpc) is 3.40. The van der Waals surface area contributed by atoms with Crippen molar-refractivity contribution < 1.29 is 9.90 Å². The van der Waals surface area contributed by atoms with Gasteiger partial charge in [-0.15, -0.1) is 0 Å². The Kier molecular flexibility index (Phi) is 5.90. The SMILES string of the molecule is Cc1nccn1[C@@H]1CC[C@@H](NC(=O)CCCn2c(C(C)C)nc3ccccc32)[C@H]1O. The molecule has 0 radical (unpaired) electrons. The number of nitrogens with zero attached hydrogens (tertiary/aromatic N) is 4. The summed E-state index contributed by atoms with van der Waals surface area (Å²) >= 11 is 0. The maximum Gasteiger partial charge on any atom is 0.220 e. The molecule has 3 aromatic rings. The van der Waals surface area contributed by atoms with E-state index in [4.69, 9.17) is 4.98 Å². The van der Waals surface area contributed by atoms with Crippen LogP contribution in [0.5, 0.6) is 0 Å². The van der Waals surface area contributed by atoms with Crippen LogP contribution in [0, 0.1) is 6.92 Å². The number of amides is 1. The van der Waals surface area contributed by atoms with Crippen LogP contribution in [0.2, 0.25) is 0 Å². The number of aliphatic hydroxyl groups is 1. The summed E-state index contributed by atoms with van der Waals surface area (Å²) in [5.41, 5.74) is 2.12. The molecule has 7 nitrogen and oxygen atoms in total. The van der Waals surface area contributed by atoms with Gasteiger partial charge in [-0.2, -0.15) is 0 Å². The molecule has 30 heavy (non-hydrogen) atoms. The summed E-state index contributed by atoms with van der Waals surface area (Å²) in [4.78, 5) is 21.6. The van der Waals surface area contributed by atoms with Crippen molar-refractivity contribution in [1.82, 2.24) is 24.4 Å². The van der Waals surface area contributed by atoms with Crippen molar-refractivity contribution >= 4 is 16.9 Å². The van der Waals surface area contributed by atoms with Crippen molar-refractivity contribution in [2.24, 2.45) is 0 Å². The second-order valence-electron chi connectivity index (χ2n) is 8.56. The molecule has 7 heteroatoms. The molecule has 1 amide bonds. The van der Waals surface area contributed by atoms with Crippen LogP contribution in [0.15, 0.2) is 36.7 Å². The van der Waals surface area contributed by atoms with Gasteiger partial charge in [-0.1, -0.05) is 26.0 Å². The van der Waals surface area contributed by atoms with Crippen molar-refractivity contribution in [3.05, 3.63) is 48.3 Å². The van der Waals surface area contributed by atoms with Gasteiger partial charge in [0.25, 0.3) is 0 Å². The number of hydrogen-bond acceptors (Lipinski definition) is 4. The largest absolute Gasteiger partial charge is 0.389 e. The van der Waals surface area contributed by atoms with Gasteiger partial charge in [0, 0.05) is 31.3 Å². The lowest BCUT2D eigenvalue weighted by molar-refractivity contribution is -0.122. The molecule has 1 saturated carbocycles. The molecule has 4 rings (SSSR count). The number of nitrogens with one attached hydrogen (secondary N) is 1. The number of para-hydroxylation sites is 2. The van der Waals surface area contributed by atoms with Crippen molar-refractivity contribution in [2.45, 2.75) is 77.1 Å². The molecule has 2 aromatic heterocycles. The first-order chi connectivity index (χ1) is 14.5. The van der Waals surface area contributed by atoms with E-state index < -0.39 is 6.10 Å². The van der Waals surface area contributed by atoms with E-state index in [9.17, 15) is 9.90 Å². The fraction of sp³-hybridized carbons (Fsp3) is 0.522. The Morgan fingerprint density at radius 1 is 1.30 bits per heavy atom. The predicted octanol–water partition coefficient (Wildman–Crippen LogP) is 3.33. The Morgan fingerprint density at radius 2 is 2.10 bits per heavy atom. The standard InChI is InChI=1S/C23H31N5O2/c1-15(2)23-26-17-7-4-5-8-19(17)28(23)13-6-9-21(29)25-18-10-11-20(22(18)30)27-14-12-24-16(27)3/h4-5,7-8,12,14-15,18,20,22,30H,6,9-11,13H2,1-3H3,(H,25,29)/t18-,20-,22-/m1/s1. The average molecular weight is 410 g/mol. The molecule has 1 fully saturated rings. The smallest absolute Gasteiger partial charge is 0.220 e. The van der Waals surface area contributed by atoms with Gasteiger partial charge in [0.1, 0.15) is 11.6 Å². The Morgan fingerprint density at radius 3 is 2.83 bits per heavy atom. The first kappa shape index (κ1) is 20.6. The van der Waals surface area contributed by atoms with Gasteiger partial charge >= 0.3 is 0 Å². The van der Waals surface area contributed by atoms with Gasteiger partial charge in [0.05, 0.1) is 29.2 Å². The molecule has 0 aliphatic heterocycles. The molecule has 1 aliphatic rings. The molecule has 160 valence electrons. The highest BCUT2D eigenvalue weighted by atomic mass is 16.3. The molecule has 3 atom stereocenters. The van der Waals surface area contributed by atoms with E-state index >= 15 is 0 Å². The van der Waals surface area contributed by atoms with E-state index in [-0.39, 0.29) is 18.0 Å². The second kappa shape index (κ2) is 8.60. The number of fused-ring (bicyclic) bond motifs is 1. The zero-order valence-electron chi connectivity index (χ0n) is 18.0. The van der Waals surface area contributed by atoms with E-state index in [0.29, 0.717) is 12.3 Å². The predicted molar refractivity (Wildman–Crippen MR) is 116 cm³/mol. The first-order valence-corrected chi connectivity index (χ1v) is 10.9. The molecule has 2 heterocycles. The molecular formula is C23H31N5O2. The lowest BCUT2D eigenvalue weighted by Gasteiger charge is -2.22. The van der Waals surface area contributed by atoms with Gasteiger partial charge in [0.2, 0.25) is 5.91 Å². The number of aryl methyl sites for hydroxylation is 2. The topological polar surface area (TPSA) is 85.0 Å². The van der Waals surface area contributed by atoms with Crippen LogP contribution < -0.4 is 5.32 Å². The Balaban J connectivity index is 1.34. The van der Waals surface area contributed by atoms with Crippen LogP contribution in [-0.4, -0.2) is 42.3 Å². The lowest BCUT2D eigenvalue weighted by Crippen LogP contribution is -2.42. The number of rotatable bonds is 7. The quantitative estimate of drug-likeness (QED) is 0.627. The Labute approximate surface area is 177 Å². The van der Waals surface area contributed by atoms with Gasteiger partial charge < -0.3 is 19.6 Å². The highest BCUT2D eigenvalue weighted by Gasteiger charge is 2.37. The summed E-state index contributed by atoms with van der Waals surface area (Å²) in [7, 11) is 0. The van der Waals surface area contributed by atoms with Crippen molar-refractivity contribution in [3.63, 3.8) is 0 Å². The van der Waals surface area contributed by atoms with Gasteiger partial charge in [-0.3, -0.25) is 4.79 Å². The summed E-state index contributed by atoms with van der Waals surface area (Å²) in [6.45, 7) is 6.98. The van der Waals surface area contributed by atoms with Crippen molar-refractivity contribution in [2.75, 3.05) is 0 Å². The number of aliphatic hydroxyl groups excluding tert-OH is 1. The van der Waals surface area contributed by atoms with Crippen molar-refractivity contribution in [1.29, 1.82) is 0 Å². The van der Waals surface area contributed by atoms with Gasteiger partial charge in [-0.25, -0.2) is 9.97 Å². The van der Waals surface area contributed by atoms with E-state index in [1.165, 1.54) is 0 Å². The number of carbonyl (C=O) groups excluding carboxylic acids is 1. The van der Waals surface area contributed by atoms with Crippen LogP contribution in [0.25, 0.3) is 11.0 Å². The third-order valence-corrected chi connectivity index (χ3v) is 6.13. The summed E-state index contributed by atoms with van der Waals surface area (Å²) in [5, 5.41) is 13.8. The third kappa shape index (κ3) is 3.99. The highest BCUT2D eigenvalue weighted by Crippen LogP contribution is 2.31. The minimum absolute atomic E-state index is 0.00225. The molecule has 0 saturated heterocycles. The number of aromatic nitrogens is 4. The van der Waals surface area contributed by atoms with E-state index in [0.717, 1.165) is 48.5 Å². The summed E-state index contributed by atoms with van der Waals surface area (Å²) in [6, 6.07) is 7.92. The Hall–Kier alpha value is -2.67. The maximum absolute atomic E-state index is 12.5. The van der Waals surface area contributed by atoms with Crippen LogP contribution in [0.4, 0.5) is 0 Å². The highest BCUT2D eigenvalue weighted by molar-refractivity contribution is 5.77. The van der Waals surface area contributed by atoms with Crippen LogP contribution in [0.3, 0.4) is 0 Å². The van der Waals surface area contributed by atoms with E-state index in [1.807, 2.05) is 35.9 Å². The molecule has 1 aromatic carbocycles. The minimum Gasteiger partial charge on any atom is -0.389 e. The fourth-order valence-electron chi connectivity index (χ4n) is 4.61. The summed E-state index contributed by atoms with van der Waals surface area (Å²) in [6.07, 6.45) is 5.84. The molecule has 0 spiro atoms. The molecule has 0 bridgehead atoms. The summed E-state index contributed by atoms with van der Waals surface area (Å²) < 4.78 is 4.24. The van der Waals surface area contributed by atoms with Crippen LogP contribution in [-0.2, 0) is 11.3 Å². The molecule has 0 unspecified atom stereocenters. The Bertz CT molecular complexity index is 1020. The monoisotopic (exact) mass is 409 g/mol. The van der Waals surface area contributed by atoms with Crippen LogP contribution in [0.1, 0.15) is 63.1 Å².